The Labute approximate surface area is 124 Å². The van der Waals surface area contributed by atoms with Crippen molar-refractivity contribution in [3.8, 4) is 11.8 Å². The second-order valence-electron chi connectivity index (χ2n) is 3.95. The average Bonchev–Trinajstić information content (AvgIpc) is 2.48. The fraction of sp³-hybridized carbons (Fsp3) is 0.231. The first-order chi connectivity index (χ1) is 9.56. The van der Waals surface area contributed by atoms with Gasteiger partial charge in [0.1, 0.15) is 11.5 Å². The van der Waals surface area contributed by atoms with Gasteiger partial charge in [-0.3, -0.25) is 0 Å². The minimum atomic E-state index is -0.673. The SMILES string of the molecule is COc1cnc(C(N)c2cc(F)ccc2Br)c(OC)n1. The van der Waals surface area contributed by atoms with Crippen molar-refractivity contribution in [1.82, 2.24) is 9.97 Å². The predicted molar refractivity (Wildman–Crippen MR) is 75.3 cm³/mol. The Balaban J connectivity index is 2.47. The van der Waals surface area contributed by atoms with Gasteiger partial charge in [0.05, 0.1) is 26.5 Å². The number of aromatic nitrogens is 2. The molecule has 1 heterocycles. The molecule has 0 saturated heterocycles. The molecule has 1 unspecified atom stereocenters. The molecule has 0 bridgehead atoms. The highest BCUT2D eigenvalue weighted by atomic mass is 79.9. The first-order valence-electron chi connectivity index (χ1n) is 5.72. The van der Waals surface area contributed by atoms with E-state index in [-0.39, 0.29) is 11.7 Å². The first kappa shape index (κ1) is 14.7. The summed E-state index contributed by atoms with van der Waals surface area (Å²) in [5.74, 6) is 0.184. The molecule has 1 aromatic heterocycles. The molecule has 20 heavy (non-hydrogen) atoms. The Morgan fingerprint density at radius 2 is 2.05 bits per heavy atom. The van der Waals surface area contributed by atoms with Crippen LogP contribution in [-0.4, -0.2) is 24.2 Å². The number of nitrogens with zero attached hydrogens (tertiary/aromatic N) is 2. The van der Waals surface area contributed by atoms with Gasteiger partial charge in [0, 0.05) is 4.47 Å². The van der Waals surface area contributed by atoms with E-state index >= 15 is 0 Å². The second kappa shape index (κ2) is 6.15. The lowest BCUT2D eigenvalue weighted by molar-refractivity contribution is 0.355. The molecule has 1 atom stereocenters. The fourth-order valence-corrected chi connectivity index (χ4v) is 2.22. The van der Waals surface area contributed by atoms with Crippen LogP contribution in [-0.2, 0) is 0 Å². The van der Waals surface area contributed by atoms with Crippen molar-refractivity contribution in [2.75, 3.05) is 14.2 Å². The van der Waals surface area contributed by atoms with Gasteiger partial charge >= 0.3 is 0 Å². The number of nitrogens with two attached hydrogens (primary N) is 1. The van der Waals surface area contributed by atoms with E-state index < -0.39 is 6.04 Å². The monoisotopic (exact) mass is 341 g/mol. The normalized spacial score (nSPS) is 12.1. The van der Waals surface area contributed by atoms with Gasteiger partial charge < -0.3 is 15.2 Å². The second-order valence-corrected chi connectivity index (χ2v) is 4.80. The van der Waals surface area contributed by atoms with Crippen LogP contribution in [0.5, 0.6) is 11.8 Å². The van der Waals surface area contributed by atoms with Gasteiger partial charge in [-0.1, -0.05) is 15.9 Å². The highest BCUT2D eigenvalue weighted by molar-refractivity contribution is 9.10. The Kier molecular flexibility index (Phi) is 4.51. The number of halogens is 2. The van der Waals surface area contributed by atoms with Gasteiger partial charge in [0.2, 0.25) is 11.8 Å². The molecule has 0 aliphatic heterocycles. The van der Waals surface area contributed by atoms with E-state index in [2.05, 4.69) is 25.9 Å². The summed E-state index contributed by atoms with van der Waals surface area (Å²) >= 11 is 3.34. The van der Waals surface area contributed by atoms with E-state index in [0.717, 1.165) is 0 Å². The summed E-state index contributed by atoms with van der Waals surface area (Å²) < 4.78 is 24.2. The van der Waals surface area contributed by atoms with E-state index in [4.69, 9.17) is 15.2 Å². The Morgan fingerprint density at radius 3 is 2.70 bits per heavy atom. The van der Waals surface area contributed by atoms with Gasteiger partial charge in [0.15, 0.2) is 0 Å². The maximum absolute atomic E-state index is 13.4. The van der Waals surface area contributed by atoms with Crippen molar-refractivity contribution >= 4 is 15.9 Å². The van der Waals surface area contributed by atoms with Crippen LogP contribution in [0.25, 0.3) is 0 Å². The molecule has 106 valence electrons. The molecule has 0 aliphatic rings. The summed E-state index contributed by atoms with van der Waals surface area (Å²) in [5, 5.41) is 0. The minimum absolute atomic E-state index is 0.244. The van der Waals surface area contributed by atoms with Gasteiger partial charge in [-0.25, -0.2) is 9.37 Å². The third kappa shape index (κ3) is 2.88. The fourth-order valence-electron chi connectivity index (χ4n) is 1.73. The third-order valence-electron chi connectivity index (χ3n) is 2.74. The molecule has 2 N–H and O–H groups in total. The minimum Gasteiger partial charge on any atom is -0.480 e. The lowest BCUT2D eigenvalue weighted by Gasteiger charge is -2.16. The van der Waals surface area contributed by atoms with Crippen LogP contribution in [0, 0.1) is 5.82 Å². The van der Waals surface area contributed by atoms with Crippen LogP contribution in [0.2, 0.25) is 0 Å². The van der Waals surface area contributed by atoms with Crippen LogP contribution >= 0.6 is 15.9 Å². The molecule has 2 aromatic rings. The topological polar surface area (TPSA) is 70.3 Å². The molecule has 0 aliphatic carbocycles. The zero-order valence-electron chi connectivity index (χ0n) is 10.9. The van der Waals surface area contributed by atoms with Crippen molar-refractivity contribution < 1.29 is 13.9 Å². The quantitative estimate of drug-likeness (QED) is 0.924. The smallest absolute Gasteiger partial charge is 0.240 e. The van der Waals surface area contributed by atoms with Crippen LogP contribution in [0.3, 0.4) is 0 Å². The highest BCUT2D eigenvalue weighted by Gasteiger charge is 2.20. The Hall–Kier alpha value is -1.73. The predicted octanol–water partition coefficient (Wildman–Crippen LogP) is 2.44. The summed E-state index contributed by atoms with van der Waals surface area (Å²) in [6.45, 7) is 0. The molecule has 0 spiro atoms. The summed E-state index contributed by atoms with van der Waals surface area (Å²) in [4.78, 5) is 8.30. The van der Waals surface area contributed by atoms with Gasteiger partial charge in [0.25, 0.3) is 0 Å². The van der Waals surface area contributed by atoms with Crippen LogP contribution in [0.1, 0.15) is 17.3 Å². The highest BCUT2D eigenvalue weighted by Crippen LogP contribution is 2.31. The van der Waals surface area contributed by atoms with Gasteiger partial charge in [-0.15, -0.1) is 0 Å². The number of hydrogen-bond acceptors (Lipinski definition) is 5. The Bertz CT molecular complexity index is 625. The molecular formula is C13H13BrFN3O2. The van der Waals surface area contributed by atoms with Crippen LogP contribution < -0.4 is 15.2 Å². The molecule has 0 amide bonds. The van der Waals surface area contributed by atoms with Crippen molar-refractivity contribution in [2.45, 2.75) is 6.04 Å². The summed E-state index contributed by atoms with van der Waals surface area (Å²) in [7, 11) is 2.94. The molecule has 5 nitrogen and oxygen atoms in total. The van der Waals surface area contributed by atoms with E-state index in [1.807, 2.05) is 0 Å². The zero-order valence-corrected chi connectivity index (χ0v) is 12.5. The van der Waals surface area contributed by atoms with Crippen LogP contribution in [0.15, 0.2) is 28.9 Å². The van der Waals surface area contributed by atoms with Gasteiger partial charge in [-0.05, 0) is 23.8 Å². The van der Waals surface area contributed by atoms with E-state index in [9.17, 15) is 4.39 Å². The van der Waals surface area contributed by atoms with E-state index in [1.54, 1.807) is 6.07 Å². The van der Waals surface area contributed by atoms with E-state index in [0.29, 0.717) is 21.6 Å². The molecule has 0 fully saturated rings. The van der Waals surface area contributed by atoms with Crippen molar-refractivity contribution in [1.29, 1.82) is 0 Å². The van der Waals surface area contributed by atoms with Crippen LogP contribution in [0.4, 0.5) is 4.39 Å². The number of hydrogen-bond donors (Lipinski definition) is 1. The standard InChI is InChI=1S/C13H13BrFN3O2/c1-19-10-6-17-12(13(18-10)20-2)11(16)8-5-7(15)3-4-9(8)14/h3-6,11H,16H2,1-2H3. The van der Waals surface area contributed by atoms with Gasteiger partial charge in [-0.2, -0.15) is 4.98 Å². The van der Waals surface area contributed by atoms with Crippen molar-refractivity contribution in [3.63, 3.8) is 0 Å². The Morgan fingerprint density at radius 1 is 1.30 bits per heavy atom. The van der Waals surface area contributed by atoms with Crippen molar-refractivity contribution in [2.24, 2.45) is 5.73 Å². The number of benzene rings is 1. The lowest BCUT2D eigenvalue weighted by atomic mass is 10.0. The maximum atomic E-state index is 13.4. The molecular weight excluding hydrogens is 329 g/mol. The molecule has 2 rings (SSSR count). The molecule has 1 aromatic carbocycles. The summed E-state index contributed by atoms with van der Waals surface area (Å²) in [6, 6.07) is 3.61. The molecule has 0 radical (unpaired) electrons. The third-order valence-corrected chi connectivity index (χ3v) is 3.46. The lowest BCUT2D eigenvalue weighted by Crippen LogP contribution is -2.16. The van der Waals surface area contributed by atoms with Crippen molar-refractivity contribution in [3.05, 3.63) is 45.9 Å². The summed E-state index contributed by atoms with van der Waals surface area (Å²) in [6.07, 6.45) is 1.44. The maximum Gasteiger partial charge on any atom is 0.240 e. The molecule has 7 heteroatoms. The number of ether oxygens (including phenoxy) is 2. The molecule has 0 saturated carbocycles. The average molecular weight is 342 g/mol. The number of methoxy groups -OCH3 is 2. The largest absolute Gasteiger partial charge is 0.480 e. The zero-order chi connectivity index (χ0) is 14.7. The first-order valence-corrected chi connectivity index (χ1v) is 6.51. The van der Waals surface area contributed by atoms with E-state index in [1.165, 1.54) is 32.5 Å². The number of rotatable bonds is 4. The summed E-state index contributed by atoms with van der Waals surface area (Å²) in [5.41, 5.74) is 7.09.